The molecule has 0 aromatic rings. The van der Waals surface area contributed by atoms with Crippen LogP contribution >= 0.6 is 0 Å². The fraction of sp³-hybridized carbons (Fsp3) is 0.750. The lowest BCUT2D eigenvalue weighted by Crippen LogP contribution is -2.41. The summed E-state index contributed by atoms with van der Waals surface area (Å²) < 4.78 is 0. The van der Waals surface area contributed by atoms with Gasteiger partial charge >= 0.3 is 5.97 Å². The van der Waals surface area contributed by atoms with Gasteiger partial charge in [-0.3, -0.25) is 4.79 Å². The molecule has 1 amide bonds. The van der Waals surface area contributed by atoms with Crippen LogP contribution in [0.25, 0.3) is 0 Å². The van der Waals surface area contributed by atoms with E-state index in [2.05, 4.69) is 5.32 Å². The molecule has 4 N–H and O–H groups in total. The largest absolute Gasteiger partial charge is 0.480 e. The summed E-state index contributed by atoms with van der Waals surface area (Å²) in [6, 6.07) is -0.774. The Bertz CT molecular complexity index is 182. The molecule has 0 saturated carbocycles. The Morgan fingerprint density at radius 2 is 2.15 bits per heavy atom. The van der Waals surface area contributed by atoms with Gasteiger partial charge in [0.05, 0.1) is 0 Å². The maximum atomic E-state index is 11.0. The first-order valence-electron chi connectivity index (χ1n) is 4.34. The zero-order valence-corrected chi connectivity index (χ0v) is 7.75. The van der Waals surface area contributed by atoms with Crippen molar-refractivity contribution in [2.24, 2.45) is 5.73 Å². The number of carbonyl (C=O) groups is 2. The zero-order chi connectivity index (χ0) is 10.3. The van der Waals surface area contributed by atoms with E-state index in [9.17, 15) is 9.59 Å². The third-order valence-corrected chi connectivity index (χ3v) is 1.58. The lowest BCUT2D eigenvalue weighted by molar-refractivity contribution is -0.142. The second kappa shape index (κ2) is 6.42. The Hall–Kier alpha value is -1.10. The maximum absolute atomic E-state index is 11.0. The summed E-state index contributed by atoms with van der Waals surface area (Å²) in [5.41, 5.74) is 5.15. The highest BCUT2D eigenvalue weighted by Crippen LogP contribution is 1.96. The third-order valence-electron chi connectivity index (χ3n) is 1.58. The van der Waals surface area contributed by atoms with Gasteiger partial charge in [-0.2, -0.15) is 0 Å². The van der Waals surface area contributed by atoms with Crippen molar-refractivity contribution >= 4 is 11.9 Å². The molecule has 1 atom stereocenters. The molecule has 0 aliphatic heterocycles. The molecular formula is C8H16N2O3. The molecule has 13 heavy (non-hydrogen) atoms. The van der Waals surface area contributed by atoms with Crippen molar-refractivity contribution in [2.75, 3.05) is 6.54 Å². The molecule has 0 aliphatic carbocycles. The number of hydrogen-bond acceptors (Lipinski definition) is 3. The molecule has 0 unspecified atom stereocenters. The number of carboxylic acid groups (broad SMARTS) is 1. The SMILES string of the molecule is CCC[C@H](NC(=O)CCN)C(=O)O. The van der Waals surface area contributed by atoms with E-state index in [4.69, 9.17) is 10.8 Å². The first-order valence-corrected chi connectivity index (χ1v) is 4.34. The Morgan fingerprint density at radius 3 is 2.54 bits per heavy atom. The predicted octanol–water partition coefficient (Wildman–Crippen LogP) is -0.295. The smallest absolute Gasteiger partial charge is 0.326 e. The van der Waals surface area contributed by atoms with E-state index in [1.54, 1.807) is 0 Å². The standard InChI is InChI=1S/C8H16N2O3/c1-2-3-6(8(12)13)10-7(11)4-5-9/h6H,2-5,9H2,1H3,(H,10,11)(H,12,13)/t6-/m0/s1. The molecule has 76 valence electrons. The first-order chi connectivity index (χ1) is 6.11. The van der Waals surface area contributed by atoms with Gasteiger partial charge in [-0.1, -0.05) is 13.3 Å². The van der Waals surface area contributed by atoms with Crippen LogP contribution in [0.5, 0.6) is 0 Å². The molecule has 0 bridgehead atoms. The highest BCUT2D eigenvalue weighted by Gasteiger charge is 2.17. The second-order valence-corrected chi connectivity index (χ2v) is 2.79. The van der Waals surface area contributed by atoms with Gasteiger partial charge in [-0.25, -0.2) is 4.79 Å². The van der Waals surface area contributed by atoms with E-state index in [1.807, 2.05) is 6.92 Å². The number of hydrogen-bond donors (Lipinski definition) is 3. The van der Waals surface area contributed by atoms with Crippen LogP contribution < -0.4 is 11.1 Å². The van der Waals surface area contributed by atoms with Crippen LogP contribution in [0.2, 0.25) is 0 Å². The molecule has 0 aliphatic rings. The van der Waals surface area contributed by atoms with E-state index in [-0.39, 0.29) is 18.9 Å². The molecular weight excluding hydrogens is 172 g/mol. The lowest BCUT2D eigenvalue weighted by Gasteiger charge is -2.12. The Balaban J connectivity index is 3.94. The molecule has 5 heteroatoms. The monoisotopic (exact) mass is 188 g/mol. The minimum Gasteiger partial charge on any atom is -0.480 e. The van der Waals surface area contributed by atoms with Crippen molar-refractivity contribution in [3.8, 4) is 0 Å². The topological polar surface area (TPSA) is 92.4 Å². The van der Waals surface area contributed by atoms with Crippen molar-refractivity contribution in [2.45, 2.75) is 32.2 Å². The highest BCUT2D eigenvalue weighted by molar-refractivity contribution is 5.83. The van der Waals surface area contributed by atoms with Gasteiger partial charge in [-0.05, 0) is 6.42 Å². The van der Waals surface area contributed by atoms with Crippen LogP contribution in [-0.4, -0.2) is 29.6 Å². The molecule has 0 aromatic carbocycles. The van der Waals surface area contributed by atoms with Crippen molar-refractivity contribution in [1.29, 1.82) is 0 Å². The van der Waals surface area contributed by atoms with Crippen LogP contribution in [0.4, 0.5) is 0 Å². The molecule has 5 nitrogen and oxygen atoms in total. The normalized spacial score (nSPS) is 12.2. The number of nitrogens with two attached hydrogens (primary N) is 1. The number of rotatable bonds is 6. The molecule has 0 aromatic heterocycles. The second-order valence-electron chi connectivity index (χ2n) is 2.79. The van der Waals surface area contributed by atoms with Crippen LogP contribution in [0, 0.1) is 0 Å². The van der Waals surface area contributed by atoms with Crippen LogP contribution in [0.1, 0.15) is 26.2 Å². The van der Waals surface area contributed by atoms with Crippen molar-refractivity contribution in [1.82, 2.24) is 5.32 Å². The van der Waals surface area contributed by atoms with Gasteiger partial charge in [0.15, 0.2) is 0 Å². The van der Waals surface area contributed by atoms with E-state index in [1.165, 1.54) is 0 Å². The number of amides is 1. The van der Waals surface area contributed by atoms with Gasteiger partial charge in [0.1, 0.15) is 6.04 Å². The van der Waals surface area contributed by atoms with E-state index < -0.39 is 12.0 Å². The quantitative estimate of drug-likeness (QED) is 0.533. The van der Waals surface area contributed by atoms with Crippen molar-refractivity contribution < 1.29 is 14.7 Å². The van der Waals surface area contributed by atoms with Crippen LogP contribution in [-0.2, 0) is 9.59 Å². The third kappa shape index (κ3) is 5.19. The first kappa shape index (κ1) is 11.9. The Labute approximate surface area is 77.3 Å². The van der Waals surface area contributed by atoms with Gasteiger partial charge in [0.2, 0.25) is 5.91 Å². The van der Waals surface area contributed by atoms with Gasteiger partial charge in [-0.15, -0.1) is 0 Å². The van der Waals surface area contributed by atoms with E-state index in [0.717, 1.165) is 6.42 Å². The molecule has 0 heterocycles. The summed E-state index contributed by atoms with van der Waals surface area (Å²) in [5.74, 6) is -1.30. The van der Waals surface area contributed by atoms with Crippen LogP contribution in [0.3, 0.4) is 0 Å². The summed E-state index contributed by atoms with van der Waals surface area (Å²) in [4.78, 5) is 21.6. The summed E-state index contributed by atoms with van der Waals surface area (Å²) in [6.07, 6.45) is 1.35. The zero-order valence-electron chi connectivity index (χ0n) is 7.75. The number of carboxylic acids is 1. The average molecular weight is 188 g/mol. The Kier molecular flexibility index (Phi) is 5.88. The molecule has 0 saturated heterocycles. The number of aliphatic carboxylic acids is 1. The molecule has 0 fully saturated rings. The van der Waals surface area contributed by atoms with E-state index in [0.29, 0.717) is 6.42 Å². The summed E-state index contributed by atoms with van der Waals surface area (Å²) in [6.45, 7) is 2.11. The lowest BCUT2D eigenvalue weighted by atomic mass is 10.1. The fourth-order valence-electron chi connectivity index (χ4n) is 0.944. The summed E-state index contributed by atoms with van der Waals surface area (Å²) in [5, 5.41) is 11.1. The van der Waals surface area contributed by atoms with Gasteiger partial charge < -0.3 is 16.2 Å². The summed E-state index contributed by atoms with van der Waals surface area (Å²) in [7, 11) is 0. The fourth-order valence-corrected chi connectivity index (χ4v) is 0.944. The van der Waals surface area contributed by atoms with Crippen molar-refractivity contribution in [3.63, 3.8) is 0 Å². The Morgan fingerprint density at radius 1 is 1.54 bits per heavy atom. The molecule has 0 rings (SSSR count). The van der Waals surface area contributed by atoms with Crippen molar-refractivity contribution in [3.05, 3.63) is 0 Å². The average Bonchev–Trinajstić information content (AvgIpc) is 2.04. The minimum absolute atomic E-state index is 0.174. The maximum Gasteiger partial charge on any atom is 0.326 e. The number of carbonyl (C=O) groups excluding carboxylic acids is 1. The summed E-state index contributed by atoms with van der Waals surface area (Å²) >= 11 is 0. The molecule has 0 spiro atoms. The van der Waals surface area contributed by atoms with E-state index >= 15 is 0 Å². The van der Waals surface area contributed by atoms with Crippen LogP contribution in [0.15, 0.2) is 0 Å². The highest BCUT2D eigenvalue weighted by atomic mass is 16.4. The minimum atomic E-state index is -0.993. The van der Waals surface area contributed by atoms with Gasteiger partial charge in [0, 0.05) is 13.0 Å². The molecule has 0 radical (unpaired) electrons. The predicted molar refractivity (Wildman–Crippen MR) is 48.1 cm³/mol. The number of nitrogens with one attached hydrogen (secondary N) is 1. The van der Waals surface area contributed by atoms with Gasteiger partial charge in [0.25, 0.3) is 0 Å².